The number of methoxy groups -OCH3 is 2. The zero-order valence-corrected chi connectivity index (χ0v) is 13.1. The van der Waals surface area contributed by atoms with E-state index in [1.807, 2.05) is 0 Å². The van der Waals surface area contributed by atoms with Gasteiger partial charge in [-0.2, -0.15) is 0 Å². The Balaban J connectivity index is 5.42. The van der Waals surface area contributed by atoms with Gasteiger partial charge in [-0.3, -0.25) is 0 Å². The molecule has 22 heavy (non-hydrogen) atoms. The number of aliphatic hydroxyl groups excluding tert-OH is 4. The van der Waals surface area contributed by atoms with Gasteiger partial charge in [-0.25, -0.2) is 0 Å². The number of hydrogen-bond donors (Lipinski definition) is 5. The summed E-state index contributed by atoms with van der Waals surface area (Å²) in [6, 6.07) is 0. The maximum Gasteiger partial charge on any atom is 0.149 e. The minimum atomic E-state index is -2.06. The summed E-state index contributed by atoms with van der Waals surface area (Å²) in [5, 5.41) is 48.0. The molecule has 9 nitrogen and oxygen atoms in total. The first-order valence-electron chi connectivity index (χ1n) is 6.96. The molecule has 0 spiro atoms. The largest absolute Gasteiger partial charge is 0.394 e. The Morgan fingerprint density at radius 1 is 0.864 bits per heavy atom. The fourth-order valence-corrected chi connectivity index (χ4v) is 2.11. The van der Waals surface area contributed by atoms with E-state index in [-0.39, 0.29) is 39.6 Å². The van der Waals surface area contributed by atoms with Gasteiger partial charge in [-0.15, -0.1) is 0 Å². The molecule has 0 heterocycles. The van der Waals surface area contributed by atoms with Crippen LogP contribution in [0.25, 0.3) is 0 Å². The van der Waals surface area contributed by atoms with Crippen LogP contribution in [0.5, 0.6) is 0 Å². The van der Waals surface area contributed by atoms with Crippen LogP contribution in [0.2, 0.25) is 0 Å². The molecule has 0 aromatic carbocycles. The van der Waals surface area contributed by atoms with Gasteiger partial charge in [0.05, 0.1) is 46.2 Å². The molecule has 5 N–H and O–H groups in total. The quantitative estimate of drug-likeness (QED) is 0.227. The van der Waals surface area contributed by atoms with Crippen molar-refractivity contribution in [1.82, 2.24) is 0 Å². The monoisotopic (exact) mass is 328 g/mol. The third-order valence-electron chi connectivity index (χ3n) is 3.20. The standard InChI is InChI=1S/C13H28O9/c1-19-8-11(21-5-3-14)13(18,10(17)7-16)12(9-20-2)22-6-4-15/h10-12,14-18H,3-9H2,1-2H3. The van der Waals surface area contributed by atoms with Crippen LogP contribution >= 0.6 is 0 Å². The fraction of sp³-hybridized carbons (Fsp3) is 1.00. The van der Waals surface area contributed by atoms with Gasteiger partial charge in [-0.05, 0) is 0 Å². The highest BCUT2D eigenvalue weighted by Gasteiger charge is 2.51. The molecule has 0 saturated carbocycles. The van der Waals surface area contributed by atoms with Gasteiger partial charge in [0.1, 0.15) is 23.9 Å². The number of aliphatic hydroxyl groups is 5. The van der Waals surface area contributed by atoms with Crippen molar-refractivity contribution in [3.8, 4) is 0 Å². The first kappa shape index (κ1) is 21.6. The summed E-state index contributed by atoms with van der Waals surface area (Å²) in [5.41, 5.74) is -2.06. The van der Waals surface area contributed by atoms with Crippen LogP contribution in [0.15, 0.2) is 0 Å². The average molecular weight is 328 g/mol. The van der Waals surface area contributed by atoms with Crippen molar-refractivity contribution in [3.05, 3.63) is 0 Å². The van der Waals surface area contributed by atoms with Crippen molar-refractivity contribution in [2.75, 3.05) is 60.5 Å². The molecule has 9 heteroatoms. The van der Waals surface area contributed by atoms with Crippen LogP contribution in [0.4, 0.5) is 0 Å². The lowest BCUT2D eigenvalue weighted by Crippen LogP contribution is -2.65. The number of hydrogen-bond acceptors (Lipinski definition) is 9. The van der Waals surface area contributed by atoms with E-state index in [9.17, 15) is 15.3 Å². The second-order valence-corrected chi connectivity index (χ2v) is 4.66. The van der Waals surface area contributed by atoms with Gasteiger partial charge in [0.15, 0.2) is 0 Å². The van der Waals surface area contributed by atoms with Crippen molar-refractivity contribution in [1.29, 1.82) is 0 Å². The number of ether oxygens (including phenoxy) is 4. The van der Waals surface area contributed by atoms with Crippen LogP contribution in [0.3, 0.4) is 0 Å². The highest BCUT2D eigenvalue weighted by atomic mass is 16.6. The van der Waals surface area contributed by atoms with Crippen molar-refractivity contribution in [2.24, 2.45) is 0 Å². The predicted molar refractivity (Wildman–Crippen MR) is 75.4 cm³/mol. The summed E-state index contributed by atoms with van der Waals surface area (Å²) >= 11 is 0. The molecule has 0 bridgehead atoms. The third kappa shape index (κ3) is 6.03. The Bertz CT molecular complexity index is 246. The zero-order chi connectivity index (χ0) is 17.0. The lowest BCUT2D eigenvalue weighted by molar-refractivity contribution is -0.249. The van der Waals surface area contributed by atoms with Gasteiger partial charge >= 0.3 is 0 Å². The van der Waals surface area contributed by atoms with Crippen molar-refractivity contribution >= 4 is 0 Å². The summed E-state index contributed by atoms with van der Waals surface area (Å²) < 4.78 is 20.6. The molecule has 0 radical (unpaired) electrons. The van der Waals surface area contributed by atoms with E-state index in [0.717, 1.165) is 0 Å². The molecule has 0 aliphatic carbocycles. The predicted octanol–water partition coefficient (Wildman–Crippen LogP) is -2.88. The summed E-state index contributed by atoms with van der Waals surface area (Å²) in [6.07, 6.45) is -3.79. The Labute approximate surface area is 130 Å². The van der Waals surface area contributed by atoms with E-state index in [0.29, 0.717) is 0 Å². The minimum Gasteiger partial charge on any atom is -0.394 e. The van der Waals surface area contributed by atoms with E-state index >= 15 is 0 Å². The van der Waals surface area contributed by atoms with E-state index in [1.165, 1.54) is 14.2 Å². The van der Waals surface area contributed by atoms with Gasteiger partial charge in [0, 0.05) is 14.2 Å². The number of rotatable bonds is 14. The molecule has 0 aliphatic heterocycles. The molecular formula is C13H28O9. The molecule has 0 saturated heterocycles. The van der Waals surface area contributed by atoms with Crippen LogP contribution in [-0.4, -0.2) is 110 Å². The molecule has 0 aromatic heterocycles. The molecule has 134 valence electrons. The summed E-state index contributed by atoms with van der Waals surface area (Å²) in [4.78, 5) is 0. The fourth-order valence-electron chi connectivity index (χ4n) is 2.11. The Morgan fingerprint density at radius 2 is 1.27 bits per heavy atom. The Morgan fingerprint density at radius 3 is 1.55 bits per heavy atom. The van der Waals surface area contributed by atoms with Crippen LogP contribution < -0.4 is 0 Å². The normalized spacial score (nSPS) is 18.7. The maximum absolute atomic E-state index is 10.9. The van der Waals surface area contributed by atoms with E-state index in [4.69, 9.17) is 29.2 Å². The van der Waals surface area contributed by atoms with Crippen molar-refractivity contribution in [3.63, 3.8) is 0 Å². The molecule has 3 atom stereocenters. The van der Waals surface area contributed by atoms with Crippen LogP contribution in [0, 0.1) is 0 Å². The first-order valence-corrected chi connectivity index (χ1v) is 6.96. The van der Waals surface area contributed by atoms with Gasteiger partial charge in [0.2, 0.25) is 0 Å². The molecule has 3 unspecified atom stereocenters. The second-order valence-electron chi connectivity index (χ2n) is 4.66. The summed E-state index contributed by atoms with van der Waals surface area (Å²) in [7, 11) is 2.75. The molecule has 0 rings (SSSR count). The van der Waals surface area contributed by atoms with Gasteiger partial charge in [-0.1, -0.05) is 0 Å². The molecule has 0 fully saturated rings. The zero-order valence-electron chi connectivity index (χ0n) is 13.1. The molecular weight excluding hydrogens is 300 g/mol. The molecule has 0 aromatic rings. The van der Waals surface area contributed by atoms with Gasteiger partial charge < -0.3 is 44.5 Å². The Hall–Kier alpha value is -0.360. The molecule has 0 aliphatic rings. The molecule has 0 amide bonds. The van der Waals surface area contributed by atoms with Gasteiger partial charge in [0.25, 0.3) is 0 Å². The SMILES string of the molecule is COCC(OCCO)C(O)(C(O)CO)C(COC)OCCO. The summed E-state index contributed by atoms with van der Waals surface area (Å²) in [6.45, 7) is -1.77. The van der Waals surface area contributed by atoms with Crippen molar-refractivity contribution < 1.29 is 44.5 Å². The van der Waals surface area contributed by atoms with Crippen LogP contribution in [0.1, 0.15) is 0 Å². The Kier molecular flexibility index (Phi) is 11.9. The highest BCUT2D eigenvalue weighted by molar-refractivity contribution is 5.01. The first-order chi connectivity index (χ1) is 10.5. The van der Waals surface area contributed by atoms with E-state index in [2.05, 4.69) is 0 Å². The van der Waals surface area contributed by atoms with Crippen LogP contribution in [-0.2, 0) is 18.9 Å². The van der Waals surface area contributed by atoms with E-state index < -0.39 is 30.5 Å². The summed E-state index contributed by atoms with van der Waals surface area (Å²) in [5.74, 6) is 0. The maximum atomic E-state index is 10.9. The highest BCUT2D eigenvalue weighted by Crippen LogP contribution is 2.27. The van der Waals surface area contributed by atoms with Crippen molar-refractivity contribution in [2.45, 2.75) is 23.9 Å². The lowest BCUT2D eigenvalue weighted by atomic mass is 9.84. The second kappa shape index (κ2) is 12.1. The topological polar surface area (TPSA) is 138 Å². The third-order valence-corrected chi connectivity index (χ3v) is 3.20. The smallest absolute Gasteiger partial charge is 0.149 e. The average Bonchev–Trinajstić information content (AvgIpc) is 2.53. The van der Waals surface area contributed by atoms with E-state index in [1.54, 1.807) is 0 Å². The minimum absolute atomic E-state index is 0.103. The lowest BCUT2D eigenvalue weighted by Gasteiger charge is -2.43.